The number of methoxy groups -OCH3 is 2. The number of hydrogen-bond donors (Lipinski definition) is 1. The van der Waals surface area contributed by atoms with Crippen molar-refractivity contribution in [1.82, 2.24) is 14.9 Å². The molecule has 0 unspecified atom stereocenters. The zero-order valence-corrected chi connectivity index (χ0v) is 17.7. The molecule has 2 aromatic carbocycles. The van der Waals surface area contributed by atoms with Gasteiger partial charge in [0.1, 0.15) is 0 Å². The number of rotatable bonds is 5. The quantitative estimate of drug-likeness (QED) is 0.633. The van der Waals surface area contributed by atoms with E-state index in [1.807, 2.05) is 18.2 Å². The first-order valence-electron chi connectivity index (χ1n) is 9.81. The number of carbonyl (C=O) groups is 1. The number of amides is 1. The van der Waals surface area contributed by atoms with Gasteiger partial charge in [-0.2, -0.15) is 0 Å². The maximum atomic E-state index is 13.4. The fraction of sp³-hybridized carbons (Fsp3) is 0.318. The highest BCUT2D eigenvalue weighted by Crippen LogP contribution is 2.32. The van der Waals surface area contributed by atoms with Crippen molar-refractivity contribution in [2.24, 2.45) is 0 Å². The predicted octanol–water partition coefficient (Wildman–Crippen LogP) is 3.16. The van der Waals surface area contributed by atoms with E-state index in [0.717, 1.165) is 19.3 Å². The molecule has 0 radical (unpaired) electrons. The van der Waals surface area contributed by atoms with Gasteiger partial charge in [-0.3, -0.25) is 14.2 Å². The van der Waals surface area contributed by atoms with E-state index in [1.54, 1.807) is 43.1 Å². The Labute approximate surface area is 178 Å². The van der Waals surface area contributed by atoms with E-state index in [9.17, 15) is 9.59 Å². The first-order chi connectivity index (χ1) is 14.6. The van der Waals surface area contributed by atoms with Gasteiger partial charge in [0.05, 0.1) is 36.1 Å². The van der Waals surface area contributed by atoms with E-state index in [-0.39, 0.29) is 16.7 Å². The molecule has 1 aliphatic heterocycles. The molecule has 0 spiro atoms. The van der Waals surface area contributed by atoms with Crippen molar-refractivity contribution in [2.75, 3.05) is 20.8 Å². The summed E-state index contributed by atoms with van der Waals surface area (Å²) in [6.07, 6.45) is 2.64. The topological polar surface area (TPSA) is 82.5 Å². The molecule has 0 saturated carbocycles. The van der Waals surface area contributed by atoms with Gasteiger partial charge in [0.2, 0.25) is 5.91 Å². The average molecular weight is 426 g/mol. The Morgan fingerprint density at radius 1 is 1.07 bits per heavy atom. The Hall–Kier alpha value is -3.00. The van der Waals surface area contributed by atoms with E-state index in [0.29, 0.717) is 39.8 Å². The van der Waals surface area contributed by atoms with Crippen molar-refractivity contribution in [3.8, 4) is 17.2 Å². The standard InChI is InChI=1S/C22H23N3O4S/c1-28-17-11-10-14(13-18(17)29-2)25-21(27)15-7-3-4-8-16(15)24-22(25)30-19-9-5-6-12-23-20(19)26/h3-4,7-8,10-11,13,19H,5-6,9,12H2,1-2H3,(H,23,26)/t19-/m0/s1. The number of aromatic nitrogens is 2. The average Bonchev–Trinajstić information content (AvgIpc) is 2.97. The Morgan fingerprint density at radius 3 is 2.67 bits per heavy atom. The third-order valence-electron chi connectivity index (χ3n) is 5.10. The fourth-order valence-corrected chi connectivity index (χ4v) is 4.71. The smallest absolute Gasteiger partial charge is 0.266 e. The van der Waals surface area contributed by atoms with Gasteiger partial charge >= 0.3 is 0 Å². The van der Waals surface area contributed by atoms with Crippen LogP contribution in [0.25, 0.3) is 16.6 Å². The molecular weight excluding hydrogens is 402 g/mol. The van der Waals surface area contributed by atoms with Gasteiger partial charge in [-0.05, 0) is 37.1 Å². The normalized spacial score (nSPS) is 16.7. The van der Waals surface area contributed by atoms with Crippen LogP contribution in [-0.2, 0) is 4.79 Å². The maximum Gasteiger partial charge on any atom is 0.266 e. The lowest BCUT2D eigenvalue weighted by Gasteiger charge is -2.18. The molecule has 0 aliphatic carbocycles. The summed E-state index contributed by atoms with van der Waals surface area (Å²) in [4.78, 5) is 30.7. The highest BCUT2D eigenvalue weighted by Gasteiger charge is 2.25. The Kier molecular flexibility index (Phi) is 5.94. The molecule has 30 heavy (non-hydrogen) atoms. The van der Waals surface area contributed by atoms with Gasteiger partial charge in [0.15, 0.2) is 16.7 Å². The van der Waals surface area contributed by atoms with Crippen LogP contribution >= 0.6 is 11.8 Å². The van der Waals surface area contributed by atoms with Crippen molar-refractivity contribution in [3.63, 3.8) is 0 Å². The van der Waals surface area contributed by atoms with Crippen molar-refractivity contribution in [2.45, 2.75) is 29.7 Å². The number of thioether (sulfide) groups is 1. The number of ether oxygens (including phenoxy) is 2. The van der Waals surface area contributed by atoms with Crippen molar-refractivity contribution in [1.29, 1.82) is 0 Å². The molecule has 8 heteroatoms. The molecule has 1 atom stereocenters. The fourth-order valence-electron chi connectivity index (χ4n) is 3.53. The number of nitrogens with one attached hydrogen (secondary N) is 1. The Morgan fingerprint density at radius 2 is 1.87 bits per heavy atom. The van der Waals surface area contributed by atoms with E-state index in [4.69, 9.17) is 14.5 Å². The molecule has 1 N–H and O–H groups in total. The summed E-state index contributed by atoms with van der Waals surface area (Å²) >= 11 is 1.33. The van der Waals surface area contributed by atoms with Gasteiger partial charge in [-0.1, -0.05) is 30.3 Å². The van der Waals surface area contributed by atoms with Gasteiger partial charge in [0, 0.05) is 12.6 Å². The predicted molar refractivity (Wildman–Crippen MR) is 117 cm³/mol. The lowest BCUT2D eigenvalue weighted by Crippen LogP contribution is -2.31. The molecule has 3 aromatic rings. The van der Waals surface area contributed by atoms with Crippen LogP contribution in [0.3, 0.4) is 0 Å². The molecule has 4 rings (SSSR count). The molecule has 0 bridgehead atoms. The van der Waals surface area contributed by atoms with Crippen LogP contribution in [0.2, 0.25) is 0 Å². The summed E-state index contributed by atoms with van der Waals surface area (Å²) in [5.41, 5.74) is 1.02. The van der Waals surface area contributed by atoms with E-state index in [1.165, 1.54) is 11.8 Å². The minimum atomic E-state index is -0.299. The summed E-state index contributed by atoms with van der Waals surface area (Å²) in [6.45, 7) is 0.684. The Bertz CT molecular complexity index is 1140. The summed E-state index contributed by atoms with van der Waals surface area (Å²) in [5.74, 6) is 1.07. The second-order valence-electron chi connectivity index (χ2n) is 6.98. The second kappa shape index (κ2) is 8.79. The van der Waals surface area contributed by atoms with Gasteiger partial charge in [0.25, 0.3) is 5.56 Å². The van der Waals surface area contributed by atoms with Crippen LogP contribution in [-0.4, -0.2) is 41.5 Å². The number of hydrogen-bond acceptors (Lipinski definition) is 6. The monoisotopic (exact) mass is 425 g/mol. The van der Waals surface area contributed by atoms with Crippen LogP contribution in [0.15, 0.2) is 52.4 Å². The van der Waals surface area contributed by atoms with Crippen LogP contribution in [0, 0.1) is 0 Å². The van der Waals surface area contributed by atoms with E-state index >= 15 is 0 Å². The molecule has 1 amide bonds. The van der Waals surface area contributed by atoms with Gasteiger partial charge in [-0.25, -0.2) is 4.98 Å². The third kappa shape index (κ3) is 3.87. The molecule has 1 fully saturated rings. The van der Waals surface area contributed by atoms with Crippen LogP contribution in [0.4, 0.5) is 0 Å². The minimum Gasteiger partial charge on any atom is -0.493 e. The van der Waals surface area contributed by atoms with Crippen molar-refractivity contribution in [3.05, 3.63) is 52.8 Å². The van der Waals surface area contributed by atoms with Gasteiger partial charge < -0.3 is 14.8 Å². The summed E-state index contributed by atoms with van der Waals surface area (Å²) in [5, 5.41) is 3.64. The lowest BCUT2D eigenvalue weighted by molar-refractivity contribution is -0.120. The number of fused-ring (bicyclic) bond motifs is 1. The summed E-state index contributed by atoms with van der Waals surface area (Å²) < 4.78 is 12.3. The first-order valence-corrected chi connectivity index (χ1v) is 10.7. The highest BCUT2D eigenvalue weighted by molar-refractivity contribution is 8.00. The summed E-state index contributed by atoms with van der Waals surface area (Å²) in [6, 6.07) is 12.5. The van der Waals surface area contributed by atoms with Crippen LogP contribution < -0.4 is 20.3 Å². The molecule has 1 aromatic heterocycles. The number of carbonyl (C=O) groups excluding carboxylic acids is 1. The van der Waals surface area contributed by atoms with Crippen molar-refractivity contribution >= 4 is 28.6 Å². The van der Waals surface area contributed by atoms with Crippen LogP contribution in [0.5, 0.6) is 11.5 Å². The zero-order chi connectivity index (χ0) is 21.1. The second-order valence-corrected chi connectivity index (χ2v) is 8.15. The molecule has 7 nitrogen and oxygen atoms in total. The minimum absolute atomic E-state index is 0.0150. The molecule has 1 aliphatic rings. The maximum absolute atomic E-state index is 13.4. The molecule has 156 valence electrons. The lowest BCUT2D eigenvalue weighted by atomic mass is 10.2. The van der Waals surface area contributed by atoms with Gasteiger partial charge in [-0.15, -0.1) is 0 Å². The number of para-hydroxylation sites is 1. The SMILES string of the molecule is COc1ccc(-n2c(S[C@H]3CCCCNC3=O)nc3ccccc3c2=O)cc1OC. The third-order valence-corrected chi connectivity index (χ3v) is 6.32. The largest absolute Gasteiger partial charge is 0.493 e. The van der Waals surface area contributed by atoms with E-state index in [2.05, 4.69) is 5.32 Å². The first kappa shape index (κ1) is 20.3. The molecular formula is C22H23N3O4S. The number of nitrogens with zero attached hydrogens (tertiary/aromatic N) is 2. The molecule has 2 heterocycles. The Balaban J connectivity index is 1.88. The highest BCUT2D eigenvalue weighted by atomic mass is 32.2. The van der Waals surface area contributed by atoms with Crippen molar-refractivity contribution < 1.29 is 14.3 Å². The van der Waals surface area contributed by atoms with Crippen LogP contribution in [0.1, 0.15) is 19.3 Å². The summed E-state index contributed by atoms with van der Waals surface area (Å²) in [7, 11) is 3.11. The van der Waals surface area contributed by atoms with E-state index < -0.39 is 0 Å². The number of benzene rings is 2. The zero-order valence-electron chi connectivity index (χ0n) is 16.9. The molecule has 1 saturated heterocycles.